The summed E-state index contributed by atoms with van der Waals surface area (Å²) < 4.78 is 5.78. The van der Waals surface area contributed by atoms with Gasteiger partial charge < -0.3 is 9.84 Å². The molecule has 0 aliphatic heterocycles. The van der Waals surface area contributed by atoms with Crippen LogP contribution in [0.25, 0.3) is 11.3 Å². The van der Waals surface area contributed by atoms with Crippen molar-refractivity contribution in [2.75, 3.05) is 0 Å². The van der Waals surface area contributed by atoms with Gasteiger partial charge in [-0.05, 0) is 29.8 Å². The molecule has 3 aromatic rings. The van der Waals surface area contributed by atoms with Crippen LogP contribution in [0.4, 0.5) is 0 Å². The average molecular weight is 277 g/mol. The zero-order chi connectivity index (χ0) is 14.5. The van der Waals surface area contributed by atoms with E-state index in [4.69, 9.17) is 4.74 Å². The molecule has 0 aliphatic carbocycles. The Morgan fingerprint density at radius 1 is 0.905 bits per heavy atom. The van der Waals surface area contributed by atoms with E-state index in [1.54, 1.807) is 18.3 Å². The first-order valence-corrected chi connectivity index (χ1v) is 6.74. The maximum absolute atomic E-state index is 9.86. The molecule has 0 bridgehead atoms. The second-order valence-corrected chi connectivity index (χ2v) is 4.67. The van der Waals surface area contributed by atoms with Gasteiger partial charge in [0.1, 0.15) is 23.8 Å². The molecule has 0 radical (unpaired) electrons. The van der Waals surface area contributed by atoms with Gasteiger partial charge in [-0.2, -0.15) is 0 Å². The molecule has 0 aliphatic rings. The van der Waals surface area contributed by atoms with Crippen LogP contribution < -0.4 is 4.74 Å². The van der Waals surface area contributed by atoms with Gasteiger partial charge in [-0.1, -0.05) is 42.5 Å². The molecule has 104 valence electrons. The van der Waals surface area contributed by atoms with Gasteiger partial charge in [0.25, 0.3) is 0 Å². The summed E-state index contributed by atoms with van der Waals surface area (Å²) in [6.07, 6.45) is 1.66. The van der Waals surface area contributed by atoms with Gasteiger partial charge >= 0.3 is 0 Å². The van der Waals surface area contributed by atoms with E-state index < -0.39 is 0 Å². The number of ether oxygens (including phenoxy) is 1. The third-order valence-electron chi connectivity index (χ3n) is 3.14. The normalized spacial score (nSPS) is 10.3. The molecule has 2 aromatic carbocycles. The highest BCUT2D eigenvalue weighted by Gasteiger charge is 2.06. The number of rotatable bonds is 4. The summed E-state index contributed by atoms with van der Waals surface area (Å²) in [6, 6.07) is 20.9. The second kappa shape index (κ2) is 6.09. The Balaban J connectivity index is 1.79. The first-order valence-electron chi connectivity index (χ1n) is 6.74. The van der Waals surface area contributed by atoms with Crippen molar-refractivity contribution in [3.8, 4) is 22.8 Å². The van der Waals surface area contributed by atoms with Gasteiger partial charge in [0.2, 0.25) is 0 Å². The molecule has 0 saturated heterocycles. The lowest BCUT2D eigenvalue weighted by atomic mass is 10.1. The number of aromatic hydroxyl groups is 1. The molecule has 1 aromatic heterocycles. The molecule has 21 heavy (non-hydrogen) atoms. The molecular weight excluding hydrogens is 262 g/mol. The summed E-state index contributed by atoms with van der Waals surface area (Å²) in [5.74, 6) is 0.916. The van der Waals surface area contributed by atoms with Gasteiger partial charge in [-0.25, -0.2) is 0 Å². The number of aromatic nitrogens is 1. The fourth-order valence-corrected chi connectivity index (χ4v) is 2.09. The Bertz CT molecular complexity index is 726. The van der Waals surface area contributed by atoms with E-state index >= 15 is 0 Å². The van der Waals surface area contributed by atoms with E-state index in [1.807, 2.05) is 54.6 Å². The van der Waals surface area contributed by atoms with E-state index in [0.717, 1.165) is 16.9 Å². The van der Waals surface area contributed by atoms with Crippen molar-refractivity contribution >= 4 is 0 Å². The molecule has 0 spiro atoms. The Kier molecular flexibility index (Phi) is 3.83. The number of hydrogen-bond donors (Lipinski definition) is 1. The predicted octanol–water partition coefficient (Wildman–Crippen LogP) is 4.03. The van der Waals surface area contributed by atoms with Gasteiger partial charge in [0.15, 0.2) is 0 Å². The molecule has 0 unspecified atom stereocenters. The lowest BCUT2D eigenvalue weighted by Gasteiger charge is -2.08. The largest absolute Gasteiger partial charge is 0.506 e. The molecule has 3 heteroatoms. The molecule has 3 rings (SSSR count). The lowest BCUT2D eigenvalue weighted by Crippen LogP contribution is -1.95. The molecule has 1 N–H and O–H groups in total. The molecular formula is C18H15NO2. The topological polar surface area (TPSA) is 42.4 Å². The average Bonchev–Trinajstić information content (AvgIpc) is 2.55. The summed E-state index contributed by atoms with van der Waals surface area (Å²) in [7, 11) is 0. The van der Waals surface area contributed by atoms with Crippen LogP contribution in [0, 0.1) is 0 Å². The van der Waals surface area contributed by atoms with E-state index in [-0.39, 0.29) is 5.75 Å². The molecule has 0 atom stereocenters. The van der Waals surface area contributed by atoms with Crippen LogP contribution in [0.5, 0.6) is 11.5 Å². The Morgan fingerprint density at radius 2 is 1.76 bits per heavy atom. The van der Waals surface area contributed by atoms with Crippen molar-refractivity contribution in [1.82, 2.24) is 4.98 Å². The highest BCUT2D eigenvalue weighted by Crippen LogP contribution is 2.28. The summed E-state index contributed by atoms with van der Waals surface area (Å²) in [5.41, 5.74) is 2.50. The number of pyridine rings is 1. The van der Waals surface area contributed by atoms with Crippen LogP contribution in [0.3, 0.4) is 0 Å². The second-order valence-electron chi connectivity index (χ2n) is 4.67. The summed E-state index contributed by atoms with van der Waals surface area (Å²) in [6.45, 7) is 0.512. The third kappa shape index (κ3) is 3.20. The Labute approximate surface area is 123 Å². The van der Waals surface area contributed by atoms with Crippen LogP contribution in [0.2, 0.25) is 0 Å². The minimum Gasteiger partial charge on any atom is -0.506 e. The van der Waals surface area contributed by atoms with E-state index in [9.17, 15) is 5.11 Å². The fraction of sp³-hybridized carbons (Fsp3) is 0.0556. The van der Waals surface area contributed by atoms with Crippen molar-refractivity contribution in [2.45, 2.75) is 6.61 Å². The zero-order valence-corrected chi connectivity index (χ0v) is 11.4. The van der Waals surface area contributed by atoms with Crippen LogP contribution in [0.1, 0.15) is 5.56 Å². The van der Waals surface area contributed by atoms with Gasteiger partial charge in [-0.15, -0.1) is 0 Å². The maximum atomic E-state index is 9.86. The quantitative estimate of drug-likeness (QED) is 0.782. The first-order chi connectivity index (χ1) is 10.3. The summed E-state index contributed by atoms with van der Waals surface area (Å²) >= 11 is 0. The molecule has 0 saturated carbocycles. The molecule has 1 heterocycles. The van der Waals surface area contributed by atoms with Gasteiger partial charge in [0.05, 0.1) is 0 Å². The standard InChI is InChI=1S/C18H15NO2/c20-17-10-5-11-19-18(17)15-8-4-9-16(12-15)21-13-14-6-2-1-3-7-14/h1-12,20H,13H2. The molecule has 3 nitrogen and oxygen atoms in total. The minimum absolute atomic E-state index is 0.165. The van der Waals surface area contributed by atoms with Crippen LogP contribution >= 0.6 is 0 Å². The van der Waals surface area contributed by atoms with E-state index in [0.29, 0.717) is 12.3 Å². The van der Waals surface area contributed by atoms with Crippen molar-refractivity contribution in [3.63, 3.8) is 0 Å². The van der Waals surface area contributed by atoms with Crippen LogP contribution in [0.15, 0.2) is 72.9 Å². The first kappa shape index (κ1) is 13.2. The smallest absolute Gasteiger partial charge is 0.141 e. The van der Waals surface area contributed by atoms with E-state index in [1.165, 1.54) is 0 Å². The Hall–Kier alpha value is -2.81. The van der Waals surface area contributed by atoms with Crippen molar-refractivity contribution < 1.29 is 9.84 Å². The maximum Gasteiger partial charge on any atom is 0.141 e. The van der Waals surface area contributed by atoms with Crippen molar-refractivity contribution in [1.29, 1.82) is 0 Å². The fourth-order valence-electron chi connectivity index (χ4n) is 2.09. The highest BCUT2D eigenvalue weighted by atomic mass is 16.5. The van der Waals surface area contributed by atoms with Gasteiger partial charge in [0, 0.05) is 11.8 Å². The van der Waals surface area contributed by atoms with E-state index in [2.05, 4.69) is 4.98 Å². The number of nitrogens with zero attached hydrogens (tertiary/aromatic N) is 1. The summed E-state index contributed by atoms with van der Waals surface area (Å²) in [4.78, 5) is 4.20. The predicted molar refractivity (Wildman–Crippen MR) is 82.1 cm³/mol. The van der Waals surface area contributed by atoms with Crippen LogP contribution in [-0.4, -0.2) is 10.1 Å². The minimum atomic E-state index is 0.165. The van der Waals surface area contributed by atoms with Crippen molar-refractivity contribution in [3.05, 3.63) is 78.5 Å². The van der Waals surface area contributed by atoms with Gasteiger partial charge in [-0.3, -0.25) is 4.98 Å². The monoisotopic (exact) mass is 277 g/mol. The van der Waals surface area contributed by atoms with Crippen molar-refractivity contribution in [2.24, 2.45) is 0 Å². The molecule has 0 fully saturated rings. The third-order valence-corrected chi connectivity index (χ3v) is 3.14. The highest BCUT2D eigenvalue weighted by molar-refractivity contribution is 5.66. The Morgan fingerprint density at radius 3 is 2.57 bits per heavy atom. The van der Waals surface area contributed by atoms with Crippen LogP contribution in [-0.2, 0) is 6.61 Å². The summed E-state index contributed by atoms with van der Waals surface area (Å²) in [5, 5.41) is 9.86. The zero-order valence-electron chi connectivity index (χ0n) is 11.4. The number of hydrogen-bond acceptors (Lipinski definition) is 3. The SMILES string of the molecule is Oc1cccnc1-c1cccc(OCc2ccccc2)c1. The molecule has 0 amide bonds. The lowest BCUT2D eigenvalue weighted by molar-refractivity contribution is 0.306. The number of benzene rings is 2.